The van der Waals surface area contributed by atoms with Gasteiger partial charge in [-0.2, -0.15) is 8.75 Å². The molecule has 1 heterocycles. The smallest absolute Gasteiger partial charge is 0.299 e. The van der Waals surface area contributed by atoms with E-state index in [2.05, 4.69) is 14.1 Å². The molecule has 1 aromatic heterocycles. The number of halogens is 1. The van der Waals surface area contributed by atoms with Gasteiger partial charge in [-0.05, 0) is 17.7 Å². The highest BCUT2D eigenvalue weighted by Crippen LogP contribution is 2.26. The van der Waals surface area contributed by atoms with Crippen LogP contribution in [0.25, 0.3) is 11.0 Å². The number of carbonyl (C=O) groups is 1. The summed E-state index contributed by atoms with van der Waals surface area (Å²) in [5.41, 5.74) is 1.19. The summed E-state index contributed by atoms with van der Waals surface area (Å²) in [5, 5.41) is 14.3. The molecule has 0 aliphatic carbocycles. The van der Waals surface area contributed by atoms with E-state index >= 15 is 0 Å². The number of carbonyl (C=O) groups excluding carboxylic acids is 1. The van der Waals surface area contributed by atoms with E-state index in [4.69, 9.17) is 11.6 Å². The number of nitro groups is 1. The molecule has 116 valence electrons. The first-order valence-electron chi connectivity index (χ1n) is 6.48. The maximum atomic E-state index is 12.2. The fourth-order valence-electron chi connectivity index (χ4n) is 2.06. The largest absolute Gasteiger partial charge is 0.348 e. The van der Waals surface area contributed by atoms with Crippen LogP contribution < -0.4 is 5.32 Å². The number of nitrogens with one attached hydrogen (secondary N) is 1. The van der Waals surface area contributed by atoms with Crippen molar-refractivity contribution in [1.82, 2.24) is 14.1 Å². The summed E-state index contributed by atoms with van der Waals surface area (Å²) < 4.78 is 7.85. The van der Waals surface area contributed by atoms with Gasteiger partial charge in [-0.1, -0.05) is 29.8 Å². The van der Waals surface area contributed by atoms with E-state index in [0.717, 1.165) is 17.3 Å². The molecule has 0 bridgehead atoms. The standard InChI is InChI=1S/C14H9ClN4O3S/c15-10-4-2-1-3-8(10)7-16-14(20)9-5-11-13(18-23-17-11)12(6-9)19(21)22/h1-6H,7H2,(H,16,20). The predicted molar refractivity (Wildman–Crippen MR) is 86.7 cm³/mol. The van der Waals surface area contributed by atoms with Crippen LogP contribution in [0.3, 0.4) is 0 Å². The van der Waals surface area contributed by atoms with Crippen molar-refractivity contribution in [1.29, 1.82) is 0 Å². The van der Waals surface area contributed by atoms with Gasteiger partial charge in [0.2, 0.25) is 0 Å². The Balaban J connectivity index is 1.86. The maximum Gasteiger partial charge on any atom is 0.299 e. The maximum absolute atomic E-state index is 12.2. The number of non-ortho nitro benzene ring substituents is 1. The van der Waals surface area contributed by atoms with Crippen molar-refractivity contribution in [2.45, 2.75) is 6.54 Å². The van der Waals surface area contributed by atoms with E-state index in [-0.39, 0.29) is 23.3 Å². The minimum absolute atomic E-state index is 0.156. The van der Waals surface area contributed by atoms with E-state index in [1.807, 2.05) is 6.07 Å². The Hall–Kier alpha value is -2.58. The predicted octanol–water partition coefficient (Wildman–Crippen LogP) is 3.18. The van der Waals surface area contributed by atoms with Crippen molar-refractivity contribution in [2.24, 2.45) is 0 Å². The lowest BCUT2D eigenvalue weighted by atomic mass is 10.1. The van der Waals surface area contributed by atoms with Gasteiger partial charge in [0.1, 0.15) is 5.52 Å². The monoisotopic (exact) mass is 348 g/mol. The first-order valence-corrected chi connectivity index (χ1v) is 7.59. The van der Waals surface area contributed by atoms with Gasteiger partial charge in [0.15, 0.2) is 5.52 Å². The van der Waals surface area contributed by atoms with Crippen LogP contribution in [0.1, 0.15) is 15.9 Å². The summed E-state index contributed by atoms with van der Waals surface area (Å²) in [6, 6.07) is 9.80. The number of nitrogens with zero attached hydrogens (tertiary/aromatic N) is 3. The van der Waals surface area contributed by atoms with Crippen LogP contribution in [0.4, 0.5) is 5.69 Å². The van der Waals surface area contributed by atoms with E-state index in [1.54, 1.807) is 18.2 Å². The van der Waals surface area contributed by atoms with Gasteiger partial charge in [-0.3, -0.25) is 14.9 Å². The van der Waals surface area contributed by atoms with E-state index in [0.29, 0.717) is 10.5 Å². The molecule has 0 saturated carbocycles. The number of hydrogen-bond donors (Lipinski definition) is 1. The van der Waals surface area contributed by atoms with Gasteiger partial charge in [-0.25, -0.2) is 0 Å². The first-order chi connectivity index (χ1) is 11.1. The summed E-state index contributed by atoms with van der Waals surface area (Å²) >= 11 is 6.89. The van der Waals surface area contributed by atoms with Crippen molar-refractivity contribution in [2.75, 3.05) is 0 Å². The Kier molecular flexibility index (Phi) is 4.18. The molecule has 3 rings (SSSR count). The second kappa shape index (κ2) is 6.27. The molecule has 23 heavy (non-hydrogen) atoms. The normalized spacial score (nSPS) is 10.7. The summed E-state index contributed by atoms with van der Waals surface area (Å²) in [7, 11) is 0. The molecule has 0 fully saturated rings. The number of nitro benzene ring substituents is 1. The summed E-state index contributed by atoms with van der Waals surface area (Å²) in [6.07, 6.45) is 0. The van der Waals surface area contributed by atoms with Crippen LogP contribution in [0.5, 0.6) is 0 Å². The second-order valence-electron chi connectivity index (χ2n) is 4.66. The molecule has 0 saturated heterocycles. The van der Waals surface area contributed by atoms with Crippen LogP contribution in [0, 0.1) is 10.1 Å². The van der Waals surface area contributed by atoms with Crippen LogP contribution in [-0.2, 0) is 6.54 Å². The molecule has 0 unspecified atom stereocenters. The summed E-state index contributed by atoms with van der Waals surface area (Å²) in [6.45, 7) is 0.222. The highest BCUT2D eigenvalue weighted by Gasteiger charge is 2.20. The average Bonchev–Trinajstić information content (AvgIpc) is 3.01. The zero-order valence-electron chi connectivity index (χ0n) is 11.5. The van der Waals surface area contributed by atoms with E-state index in [9.17, 15) is 14.9 Å². The molecule has 0 atom stereocenters. The number of amides is 1. The topological polar surface area (TPSA) is 98.0 Å². The molecule has 9 heteroatoms. The Morgan fingerprint density at radius 2 is 2.09 bits per heavy atom. The van der Waals surface area contributed by atoms with Crippen LogP contribution in [0.2, 0.25) is 5.02 Å². The molecule has 1 N–H and O–H groups in total. The van der Waals surface area contributed by atoms with Gasteiger partial charge in [-0.15, -0.1) is 0 Å². The highest BCUT2D eigenvalue weighted by atomic mass is 35.5. The van der Waals surface area contributed by atoms with Crippen molar-refractivity contribution in [3.8, 4) is 0 Å². The van der Waals surface area contributed by atoms with Crippen LogP contribution in [-0.4, -0.2) is 19.6 Å². The lowest BCUT2D eigenvalue weighted by Gasteiger charge is -2.07. The number of fused-ring (bicyclic) bond motifs is 1. The molecule has 1 amide bonds. The fourth-order valence-corrected chi connectivity index (χ4v) is 2.80. The van der Waals surface area contributed by atoms with E-state index in [1.165, 1.54) is 12.1 Å². The molecule has 0 radical (unpaired) electrons. The van der Waals surface area contributed by atoms with Crippen LogP contribution in [0.15, 0.2) is 36.4 Å². The minimum Gasteiger partial charge on any atom is -0.348 e. The Labute approximate surface area is 139 Å². The van der Waals surface area contributed by atoms with E-state index < -0.39 is 10.8 Å². The Morgan fingerprint density at radius 3 is 2.83 bits per heavy atom. The SMILES string of the molecule is O=C(NCc1ccccc1Cl)c1cc([N+](=O)[O-])c2nsnc2c1. The summed E-state index contributed by atoms with van der Waals surface area (Å²) in [5.74, 6) is -0.442. The average molecular weight is 349 g/mol. The third-order valence-electron chi connectivity index (χ3n) is 3.20. The molecule has 0 aliphatic rings. The van der Waals surface area contributed by atoms with Crippen LogP contribution >= 0.6 is 23.3 Å². The van der Waals surface area contributed by atoms with Crippen molar-refractivity contribution < 1.29 is 9.72 Å². The number of hydrogen-bond acceptors (Lipinski definition) is 6. The lowest BCUT2D eigenvalue weighted by molar-refractivity contribution is -0.383. The van der Waals surface area contributed by atoms with Crippen molar-refractivity contribution in [3.05, 3.63) is 62.7 Å². The zero-order valence-corrected chi connectivity index (χ0v) is 13.1. The fraction of sp³-hybridized carbons (Fsp3) is 0.0714. The summed E-state index contributed by atoms with van der Waals surface area (Å²) in [4.78, 5) is 22.8. The van der Waals surface area contributed by atoms with Gasteiger partial charge < -0.3 is 5.32 Å². The molecular formula is C14H9ClN4O3S. The van der Waals surface area contributed by atoms with Crippen molar-refractivity contribution in [3.63, 3.8) is 0 Å². The second-order valence-corrected chi connectivity index (χ2v) is 5.59. The van der Waals surface area contributed by atoms with Gasteiger partial charge >= 0.3 is 0 Å². The number of benzene rings is 2. The highest BCUT2D eigenvalue weighted by molar-refractivity contribution is 7.00. The molecule has 0 aliphatic heterocycles. The third kappa shape index (κ3) is 3.13. The molecule has 3 aromatic rings. The first kappa shape index (κ1) is 15.3. The Bertz CT molecular complexity index is 912. The van der Waals surface area contributed by atoms with Crippen molar-refractivity contribution >= 4 is 46.0 Å². The molecule has 2 aromatic carbocycles. The molecular weight excluding hydrogens is 340 g/mol. The minimum atomic E-state index is -0.575. The lowest BCUT2D eigenvalue weighted by Crippen LogP contribution is -2.23. The molecule has 0 spiro atoms. The molecule has 7 nitrogen and oxygen atoms in total. The third-order valence-corrected chi connectivity index (χ3v) is 4.11. The van der Waals surface area contributed by atoms with Gasteiger partial charge in [0, 0.05) is 23.2 Å². The zero-order chi connectivity index (χ0) is 16.4. The Morgan fingerprint density at radius 1 is 1.30 bits per heavy atom. The number of aromatic nitrogens is 2. The quantitative estimate of drug-likeness (QED) is 0.576. The number of rotatable bonds is 4. The van der Waals surface area contributed by atoms with Gasteiger partial charge in [0.05, 0.1) is 16.7 Å². The van der Waals surface area contributed by atoms with Gasteiger partial charge in [0.25, 0.3) is 11.6 Å².